The van der Waals surface area contributed by atoms with E-state index < -0.39 is 16.0 Å². The number of hydrogen-bond acceptors (Lipinski definition) is 4. The summed E-state index contributed by atoms with van der Waals surface area (Å²) in [5.74, 6) is -0.533. The second-order valence-corrected chi connectivity index (χ2v) is 6.87. The van der Waals surface area contributed by atoms with Crippen LogP contribution in [0.4, 0.5) is 5.69 Å². The Hall–Kier alpha value is -2.34. The van der Waals surface area contributed by atoms with Crippen LogP contribution < -0.4 is 4.72 Å². The molecule has 0 aliphatic carbocycles. The summed E-state index contributed by atoms with van der Waals surface area (Å²) in [4.78, 5) is 11.5. The molecular formula is C17H19NO4S. The summed E-state index contributed by atoms with van der Waals surface area (Å²) in [6.45, 7) is 3.97. The van der Waals surface area contributed by atoms with Crippen molar-refractivity contribution in [1.82, 2.24) is 0 Å². The van der Waals surface area contributed by atoms with Gasteiger partial charge in [-0.1, -0.05) is 29.8 Å². The predicted molar refractivity (Wildman–Crippen MR) is 89.8 cm³/mol. The van der Waals surface area contributed by atoms with Crippen molar-refractivity contribution in [1.29, 1.82) is 0 Å². The number of benzene rings is 2. The second kappa shape index (κ2) is 7.28. The molecule has 0 heterocycles. The Morgan fingerprint density at radius 1 is 1.04 bits per heavy atom. The highest BCUT2D eigenvalue weighted by Crippen LogP contribution is 2.15. The lowest BCUT2D eigenvalue weighted by Gasteiger charge is -2.09. The summed E-state index contributed by atoms with van der Waals surface area (Å²) in [6, 6.07) is 13.5. The minimum Gasteiger partial charge on any atom is -0.462 e. The number of ether oxygens (including phenoxy) is 1. The Bertz CT molecular complexity index is 765. The monoisotopic (exact) mass is 333 g/mol. The van der Waals surface area contributed by atoms with Gasteiger partial charge in [0.25, 0.3) is 0 Å². The molecule has 0 bridgehead atoms. The number of carbonyl (C=O) groups excluding carboxylic acids is 1. The molecule has 0 fully saturated rings. The van der Waals surface area contributed by atoms with Crippen molar-refractivity contribution in [3.05, 3.63) is 65.2 Å². The van der Waals surface area contributed by atoms with Crippen molar-refractivity contribution in [2.75, 3.05) is 11.3 Å². The van der Waals surface area contributed by atoms with E-state index in [1.165, 1.54) is 12.1 Å². The van der Waals surface area contributed by atoms with E-state index >= 15 is 0 Å². The van der Waals surface area contributed by atoms with E-state index in [1.54, 1.807) is 31.2 Å². The smallest absolute Gasteiger partial charge is 0.338 e. The summed E-state index contributed by atoms with van der Waals surface area (Å²) < 4.78 is 31.7. The van der Waals surface area contributed by atoms with Crippen molar-refractivity contribution in [3.63, 3.8) is 0 Å². The van der Waals surface area contributed by atoms with Crippen LogP contribution >= 0.6 is 0 Å². The van der Waals surface area contributed by atoms with Gasteiger partial charge in [-0.15, -0.1) is 0 Å². The van der Waals surface area contributed by atoms with Gasteiger partial charge >= 0.3 is 5.97 Å². The zero-order chi connectivity index (χ0) is 16.9. The highest BCUT2D eigenvalue weighted by molar-refractivity contribution is 7.91. The topological polar surface area (TPSA) is 72.5 Å². The molecular weight excluding hydrogens is 314 g/mol. The molecule has 2 rings (SSSR count). The van der Waals surface area contributed by atoms with Crippen LogP contribution in [-0.2, 0) is 20.5 Å². The van der Waals surface area contributed by atoms with Crippen molar-refractivity contribution >= 4 is 21.7 Å². The standard InChI is InChI=1S/C17H19NO4S/c1-3-22-17(19)15-8-10-16(11-9-15)18-23(20,21)12-14-6-4-13(2)5-7-14/h4-11,18H,3,12H2,1-2H3. The van der Waals surface area contributed by atoms with E-state index in [-0.39, 0.29) is 5.75 Å². The number of aryl methyl sites for hydroxylation is 1. The SMILES string of the molecule is CCOC(=O)c1ccc(NS(=O)(=O)Cc2ccc(C)cc2)cc1. The molecule has 0 aromatic heterocycles. The molecule has 0 atom stereocenters. The van der Waals surface area contributed by atoms with Crippen LogP contribution in [0.2, 0.25) is 0 Å². The number of esters is 1. The van der Waals surface area contributed by atoms with E-state index in [0.29, 0.717) is 23.4 Å². The van der Waals surface area contributed by atoms with Crippen LogP contribution in [0.3, 0.4) is 0 Å². The van der Waals surface area contributed by atoms with Crippen LogP contribution in [0.25, 0.3) is 0 Å². The average molecular weight is 333 g/mol. The average Bonchev–Trinajstić information content (AvgIpc) is 2.50. The van der Waals surface area contributed by atoms with E-state index in [2.05, 4.69) is 4.72 Å². The third-order valence-corrected chi connectivity index (χ3v) is 4.41. The molecule has 6 heteroatoms. The summed E-state index contributed by atoms with van der Waals surface area (Å²) in [5.41, 5.74) is 2.58. The van der Waals surface area contributed by atoms with Gasteiger partial charge in [0.1, 0.15) is 0 Å². The van der Waals surface area contributed by atoms with E-state index in [0.717, 1.165) is 5.56 Å². The van der Waals surface area contributed by atoms with Crippen LogP contribution in [0.15, 0.2) is 48.5 Å². The van der Waals surface area contributed by atoms with Crippen molar-refractivity contribution in [2.24, 2.45) is 0 Å². The first-order valence-corrected chi connectivity index (χ1v) is 8.88. The fourth-order valence-electron chi connectivity index (χ4n) is 2.01. The molecule has 0 saturated heterocycles. The van der Waals surface area contributed by atoms with Gasteiger partial charge in [0.15, 0.2) is 0 Å². The van der Waals surface area contributed by atoms with Crippen LogP contribution in [-0.4, -0.2) is 21.0 Å². The van der Waals surface area contributed by atoms with Crippen LogP contribution in [0, 0.1) is 6.92 Å². The number of nitrogens with one attached hydrogen (secondary N) is 1. The van der Waals surface area contributed by atoms with Crippen molar-refractivity contribution in [3.8, 4) is 0 Å². The Labute approximate surface area is 136 Å². The van der Waals surface area contributed by atoms with Gasteiger partial charge in [0, 0.05) is 5.69 Å². The maximum Gasteiger partial charge on any atom is 0.338 e. The molecule has 122 valence electrons. The summed E-state index contributed by atoms with van der Waals surface area (Å²) >= 11 is 0. The highest BCUT2D eigenvalue weighted by atomic mass is 32.2. The lowest BCUT2D eigenvalue weighted by molar-refractivity contribution is 0.0526. The normalized spacial score (nSPS) is 11.0. The maximum atomic E-state index is 12.2. The molecule has 0 spiro atoms. The molecule has 2 aromatic carbocycles. The highest BCUT2D eigenvalue weighted by Gasteiger charge is 2.12. The number of sulfonamides is 1. The van der Waals surface area contributed by atoms with Crippen molar-refractivity contribution in [2.45, 2.75) is 19.6 Å². The summed E-state index contributed by atoms with van der Waals surface area (Å²) in [6.07, 6.45) is 0. The number of anilines is 1. The lowest BCUT2D eigenvalue weighted by Crippen LogP contribution is -2.15. The van der Waals surface area contributed by atoms with Gasteiger partial charge in [-0.25, -0.2) is 13.2 Å². The van der Waals surface area contributed by atoms with Gasteiger partial charge in [-0.3, -0.25) is 4.72 Å². The van der Waals surface area contributed by atoms with Crippen LogP contribution in [0.1, 0.15) is 28.4 Å². The van der Waals surface area contributed by atoms with E-state index in [4.69, 9.17) is 4.74 Å². The minimum absolute atomic E-state index is 0.104. The van der Waals surface area contributed by atoms with Gasteiger partial charge in [-0.05, 0) is 43.7 Å². The molecule has 2 aromatic rings. The zero-order valence-electron chi connectivity index (χ0n) is 13.1. The van der Waals surface area contributed by atoms with Crippen LogP contribution in [0.5, 0.6) is 0 Å². The minimum atomic E-state index is -3.51. The first-order chi connectivity index (χ1) is 10.9. The third-order valence-electron chi connectivity index (χ3n) is 3.15. The fourth-order valence-corrected chi connectivity index (χ4v) is 3.21. The number of carbonyl (C=O) groups is 1. The zero-order valence-corrected chi connectivity index (χ0v) is 13.9. The quantitative estimate of drug-likeness (QED) is 0.825. The summed E-state index contributed by atoms with van der Waals surface area (Å²) in [7, 11) is -3.51. The number of hydrogen-bond donors (Lipinski definition) is 1. The lowest BCUT2D eigenvalue weighted by atomic mass is 10.2. The molecule has 0 saturated carbocycles. The Balaban J connectivity index is 2.05. The first-order valence-electron chi connectivity index (χ1n) is 7.23. The molecule has 0 unspecified atom stereocenters. The first kappa shape index (κ1) is 17.0. The van der Waals surface area contributed by atoms with Gasteiger partial charge in [0.2, 0.25) is 10.0 Å². The van der Waals surface area contributed by atoms with Gasteiger partial charge < -0.3 is 4.74 Å². The molecule has 0 aliphatic rings. The molecule has 1 N–H and O–H groups in total. The van der Waals surface area contributed by atoms with Gasteiger partial charge in [-0.2, -0.15) is 0 Å². The second-order valence-electron chi connectivity index (χ2n) is 5.14. The number of rotatable bonds is 6. The molecule has 23 heavy (non-hydrogen) atoms. The Morgan fingerprint density at radius 2 is 1.65 bits per heavy atom. The fraction of sp³-hybridized carbons (Fsp3) is 0.235. The molecule has 0 radical (unpaired) electrons. The Kier molecular flexibility index (Phi) is 5.39. The van der Waals surface area contributed by atoms with E-state index in [1.807, 2.05) is 19.1 Å². The van der Waals surface area contributed by atoms with Crippen molar-refractivity contribution < 1.29 is 17.9 Å². The predicted octanol–water partition coefficient (Wildman–Crippen LogP) is 3.11. The molecule has 0 amide bonds. The largest absolute Gasteiger partial charge is 0.462 e. The molecule has 0 aliphatic heterocycles. The van der Waals surface area contributed by atoms with E-state index in [9.17, 15) is 13.2 Å². The Morgan fingerprint density at radius 3 is 2.22 bits per heavy atom. The maximum absolute atomic E-state index is 12.2. The molecule has 5 nitrogen and oxygen atoms in total. The summed E-state index contributed by atoms with van der Waals surface area (Å²) in [5, 5.41) is 0. The van der Waals surface area contributed by atoms with Gasteiger partial charge in [0.05, 0.1) is 17.9 Å². The third kappa shape index (κ3) is 5.10.